The van der Waals surface area contributed by atoms with Crippen LogP contribution in [-0.4, -0.2) is 63.6 Å². The normalized spacial score (nSPS) is 17.5. The highest BCUT2D eigenvalue weighted by Gasteiger charge is 2.31. The number of nitrogens with one attached hydrogen (secondary N) is 2. The molecule has 1 unspecified atom stereocenters. The fourth-order valence-electron chi connectivity index (χ4n) is 2.53. The first-order chi connectivity index (χ1) is 11.3. The van der Waals surface area contributed by atoms with E-state index < -0.39 is 27.6 Å². The van der Waals surface area contributed by atoms with Crippen molar-refractivity contribution in [2.24, 2.45) is 0 Å². The smallest absolute Gasteiger partial charge is 0.243 e. The Morgan fingerprint density at radius 3 is 2.56 bits per heavy atom. The van der Waals surface area contributed by atoms with Gasteiger partial charge in [-0.1, -0.05) is 0 Å². The number of piperazine rings is 1. The Morgan fingerprint density at radius 2 is 1.96 bits per heavy atom. The summed E-state index contributed by atoms with van der Waals surface area (Å²) in [5.41, 5.74) is 0. The molecule has 0 aromatic heterocycles. The van der Waals surface area contributed by atoms with E-state index in [1.165, 1.54) is 24.1 Å². The Bertz CT molecular complexity index is 712. The summed E-state index contributed by atoms with van der Waals surface area (Å²) >= 11 is 0. The molecule has 10 heteroatoms. The van der Waals surface area contributed by atoms with Gasteiger partial charge in [-0.2, -0.15) is 0 Å². The van der Waals surface area contributed by atoms with Gasteiger partial charge in [-0.3, -0.25) is 9.59 Å². The lowest BCUT2D eigenvalue weighted by atomic mass is 10.1. The number of amides is 2. The van der Waals surface area contributed by atoms with Gasteiger partial charge in [0.05, 0.1) is 10.6 Å². The molecule has 7 nitrogen and oxygen atoms in total. The number of rotatable bonds is 5. The number of halogens is 2. The molecule has 140 valence electrons. The van der Waals surface area contributed by atoms with Gasteiger partial charge in [0.25, 0.3) is 0 Å². The van der Waals surface area contributed by atoms with Crippen LogP contribution >= 0.6 is 12.4 Å². The topological polar surface area (TPSA) is 95.6 Å². The lowest BCUT2D eigenvalue weighted by Crippen LogP contribution is -2.59. The zero-order valence-electron chi connectivity index (χ0n) is 13.7. The first kappa shape index (κ1) is 21.3. The SMILES string of the molecule is CNC(=O)C1CNCCN1C(=O)CCS(=O)(=O)c1ccc(F)cc1.Cl. The molecule has 1 aliphatic heterocycles. The predicted octanol–water partition coefficient (Wildman–Crippen LogP) is -0.0423. The number of hydrogen-bond donors (Lipinski definition) is 2. The molecule has 2 amide bonds. The van der Waals surface area contributed by atoms with Gasteiger partial charge >= 0.3 is 0 Å². The van der Waals surface area contributed by atoms with Gasteiger partial charge in [-0.15, -0.1) is 12.4 Å². The van der Waals surface area contributed by atoms with Crippen LogP contribution in [-0.2, 0) is 19.4 Å². The number of benzene rings is 1. The first-order valence-electron chi connectivity index (χ1n) is 7.55. The van der Waals surface area contributed by atoms with Crippen molar-refractivity contribution >= 4 is 34.1 Å². The minimum Gasteiger partial charge on any atom is -0.357 e. The van der Waals surface area contributed by atoms with Crippen molar-refractivity contribution in [1.29, 1.82) is 0 Å². The Hall–Kier alpha value is -1.71. The van der Waals surface area contributed by atoms with Crippen LogP contribution < -0.4 is 10.6 Å². The second-order valence-corrected chi connectivity index (χ2v) is 7.55. The third kappa shape index (κ3) is 5.38. The van der Waals surface area contributed by atoms with E-state index in [1.54, 1.807) is 0 Å². The van der Waals surface area contributed by atoms with Crippen molar-refractivity contribution < 1.29 is 22.4 Å². The Labute approximate surface area is 152 Å². The molecule has 0 bridgehead atoms. The molecular formula is C15H21ClFN3O4S. The largest absolute Gasteiger partial charge is 0.357 e. The van der Waals surface area contributed by atoms with Gasteiger partial charge in [-0.05, 0) is 24.3 Å². The summed E-state index contributed by atoms with van der Waals surface area (Å²) in [5.74, 6) is -1.60. The van der Waals surface area contributed by atoms with Gasteiger partial charge < -0.3 is 15.5 Å². The molecule has 0 spiro atoms. The maximum atomic E-state index is 12.9. The lowest BCUT2D eigenvalue weighted by molar-refractivity contribution is -0.141. The average Bonchev–Trinajstić information content (AvgIpc) is 2.59. The van der Waals surface area contributed by atoms with Crippen LogP contribution in [0.4, 0.5) is 4.39 Å². The lowest BCUT2D eigenvalue weighted by Gasteiger charge is -2.35. The molecular weight excluding hydrogens is 373 g/mol. The van der Waals surface area contributed by atoms with Crippen LogP contribution in [0.25, 0.3) is 0 Å². The fourth-order valence-corrected chi connectivity index (χ4v) is 3.76. The molecule has 0 radical (unpaired) electrons. The van der Waals surface area contributed by atoms with Crippen LogP contribution in [0.3, 0.4) is 0 Å². The number of carbonyl (C=O) groups excluding carboxylic acids is 2. The van der Waals surface area contributed by atoms with Crippen molar-refractivity contribution in [3.8, 4) is 0 Å². The molecule has 1 heterocycles. The van der Waals surface area contributed by atoms with E-state index in [0.717, 1.165) is 12.1 Å². The number of likely N-dealkylation sites (N-methyl/N-ethyl adjacent to an activating group) is 1. The van der Waals surface area contributed by atoms with Gasteiger partial charge in [0, 0.05) is 33.1 Å². The summed E-state index contributed by atoms with van der Waals surface area (Å²) in [4.78, 5) is 25.6. The third-order valence-corrected chi connectivity index (χ3v) is 5.60. The summed E-state index contributed by atoms with van der Waals surface area (Å²) in [6, 6.07) is 3.82. The van der Waals surface area contributed by atoms with Crippen LogP contribution in [0.1, 0.15) is 6.42 Å². The van der Waals surface area contributed by atoms with Gasteiger partial charge in [0.2, 0.25) is 11.8 Å². The maximum Gasteiger partial charge on any atom is 0.243 e. The third-order valence-electron chi connectivity index (χ3n) is 3.87. The van der Waals surface area contributed by atoms with Gasteiger partial charge in [0.1, 0.15) is 11.9 Å². The van der Waals surface area contributed by atoms with E-state index in [9.17, 15) is 22.4 Å². The van der Waals surface area contributed by atoms with E-state index in [4.69, 9.17) is 0 Å². The van der Waals surface area contributed by atoms with Crippen LogP contribution in [0.15, 0.2) is 29.2 Å². The van der Waals surface area contributed by atoms with E-state index in [0.29, 0.717) is 19.6 Å². The molecule has 0 saturated carbocycles. The Balaban J connectivity index is 0.00000312. The van der Waals surface area contributed by atoms with Crippen LogP contribution in [0.5, 0.6) is 0 Å². The summed E-state index contributed by atoms with van der Waals surface area (Å²) in [7, 11) is -2.20. The first-order valence-corrected chi connectivity index (χ1v) is 9.20. The zero-order chi connectivity index (χ0) is 17.7. The van der Waals surface area contributed by atoms with E-state index >= 15 is 0 Å². The highest BCUT2D eigenvalue weighted by Crippen LogP contribution is 2.14. The minimum atomic E-state index is -3.68. The summed E-state index contributed by atoms with van der Waals surface area (Å²) in [6.45, 7) is 1.22. The maximum absolute atomic E-state index is 12.9. The zero-order valence-corrected chi connectivity index (χ0v) is 15.3. The number of carbonyl (C=O) groups is 2. The molecule has 1 atom stereocenters. The molecule has 1 aromatic rings. The monoisotopic (exact) mass is 393 g/mol. The average molecular weight is 394 g/mol. The molecule has 1 saturated heterocycles. The Morgan fingerprint density at radius 1 is 1.32 bits per heavy atom. The van der Waals surface area contributed by atoms with Crippen molar-refractivity contribution in [1.82, 2.24) is 15.5 Å². The highest BCUT2D eigenvalue weighted by atomic mass is 35.5. The molecule has 2 N–H and O–H groups in total. The molecule has 1 aliphatic rings. The second-order valence-electron chi connectivity index (χ2n) is 5.44. The minimum absolute atomic E-state index is 0. The molecule has 1 aromatic carbocycles. The fraction of sp³-hybridized carbons (Fsp3) is 0.467. The van der Waals surface area contributed by atoms with Gasteiger partial charge in [0.15, 0.2) is 9.84 Å². The van der Waals surface area contributed by atoms with E-state index in [1.807, 2.05) is 0 Å². The second kappa shape index (κ2) is 9.12. The highest BCUT2D eigenvalue weighted by molar-refractivity contribution is 7.91. The quantitative estimate of drug-likeness (QED) is 0.684. The summed E-state index contributed by atoms with van der Waals surface area (Å²) in [6.07, 6.45) is -0.229. The van der Waals surface area contributed by atoms with Crippen molar-refractivity contribution in [3.63, 3.8) is 0 Å². The Kier molecular flexibility index (Phi) is 7.78. The predicted molar refractivity (Wildman–Crippen MR) is 92.8 cm³/mol. The molecule has 2 rings (SSSR count). The summed E-state index contributed by atoms with van der Waals surface area (Å²) in [5, 5.41) is 5.53. The van der Waals surface area contributed by atoms with Crippen molar-refractivity contribution in [3.05, 3.63) is 30.1 Å². The van der Waals surface area contributed by atoms with Crippen LogP contribution in [0.2, 0.25) is 0 Å². The van der Waals surface area contributed by atoms with Crippen molar-refractivity contribution in [2.45, 2.75) is 17.4 Å². The number of sulfone groups is 1. The van der Waals surface area contributed by atoms with E-state index in [-0.39, 0.29) is 35.4 Å². The summed E-state index contributed by atoms with van der Waals surface area (Å²) < 4.78 is 37.3. The number of hydrogen-bond acceptors (Lipinski definition) is 5. The van der Waals surface area contributed by atoms with Gasteiger partial charge in [-0.25, -0.2) is 12.8 Å². The van der Waals surface area contributed by atoms with Crippen LogP contribution in [0, 0.1) is 5.82 Å². The van der Waals surface area contributed by atoms with Crippen molar-refractivity contribution in [2.75, 3.05) is 32.4 Å². The van der Waals surface area contributed by atoms with E-state index in [2.05, 4.69) is 10.6 Å². The molecule has 1 fully saturated rings. The molecule has 0 aliphatic carbocycles. The molecule has 25 heavy (non-hydrogen) atoms. The number of nitrogens with zero attached hydrogens (tertiary/aromatic N) is 1. The standard InChI is InChI=1S/C15H20FN3O4S.ClH/c1-17-15(21)13-10-18-7-8-19(13)14(20)6-9-24(22,23)12-4-2-11(16)3-5-12;/h2-5,13,18H,6-10H2,1H3,(H,17,21);1H.